The summed E-state index contributed by atoms with van der Waals surface area (Å²) in [7, 11) is 0. The Labute approximate surface area is 273 Å². The Kier molecular flexibility index (Phi) is 11.5. The zero-order valence-electron chi connectivity index (χ0n) is 27.1. The number of aromatic nitrogens is 1. The summed E-state index contributed by atoms with van der Waals surface area (Å²) in [4.78, 5) is 59.9. The number of aliphatic hydroxyl groups is 1. The van der Waals surface area contributed by atoms with Gasteiger partial charge in [0.05, 0.1) is 34.6 Å². The Balaban J connectivity index is 1.52. The highest BCUT2D eigenvalue weighted by Crippen LogP contribution is 2.40. The SMILES string of the molecule is Cc1ncsc1-c1ccc([C@H](CC(=O)NCCCCCN)NC(=O)[C@@H]2C[C@@H](O)CN2C(=O)C(NC(=O)C2(F)CC2)C(C)(C)C)cc1. The van der Waals surface area contributed by atoms with Crippen LogP contribution in [-0.2, 0) is 19.2 Å². The molecule has 4 rings (SSSR count). The van der Waals surface area contributed by atoms with Crippen LogP contribution in [0.3, 0.4) is 0 Å². The summed E-state index contributed by atoms with van der Waals surface area (Å²) in [6.45, 7) is 8.14. The largest absolute Gasteiger partial charge is 0.391 e. The summed E-state index contributed by atoms with van der Waals surface area (Å²) in [5.41, 5.74) is 7.14. The lowest BCUT2D eigenvalue weighted by atomic mass is 9.85. The summed E-state index contributed by atoms with van der Waals surface area (Å²) in [6.07, 6.45) is 1.74. The zero-order chi connectivity index (χ0) is 33.6. The number of nitrogens with one attached hydrogen (secondary N) is 3. The molecule has 1 aliphatic carbocycles. The van der Waals surface area contributed by atoms with E-state index in [0.717, 1.165) is 35.4 Å². The Bertz CT molecular complexity index is 1390. The molecule has 6 N–H and O–H groups in total. The molecule has 1 aromatic carbocycles. The van der Waals surface area contributed by atoms with Crippen molar-refractivity contribution in [2.24, 2.45) is 11.1 Å². The molecule has 2 heterocycles. The number of hydrogen-bond acceptors (Lipinski definition) is 8. The molecule has 2 fully saturated rings. The second-order valence-electron chi connectivity index (χ2n) is 13.5. The number of β-amino-alcohol motifs (C(OH)–C–C–N with tert-alkyl or cyclic N) is 1. The van der Waals surface area contributed by atoms with Gasteiger partial charge in [0, 0.05) is 19.5 Å². The molecule has 252 valence electrons. The lowest BCUT2D eigenvalue weighted by Gasteiger charge is -2.36. The molecule has 1 saturated carbocycles. The number of thiazole rings is 1. The van der Waals surface area contributed by atoms with Crippen molar-refractivity contribution in [1.29, 1.82) is 0 Å². The Hall–Kier alpha value is -3.42. The summed E-state index contributed by atoms with van der Waals surface area (Å²) >= 11 is 1.52. The number of benzene rings is 1. The predicted molar refractivity (Wildman–Crippen MR) is 174 cm³/mol. The van der Waals surface area contributed by atoms with Crippen molar-refractivity contribution < 1.29 is 28.7 Å². The number of carbonyl (C=O) groups excluding carboxylic acids is 4. The third-order valence-electron chi connectivity index (χ3n) is 8.58. The van der Waals surface area contributed by atoms with Crippen molar-refractivity contribution in [3.05, 3.63) is 41.0 Å². The second kappa shape index (κ2) is 15.0. The first-order chi connectivity index (χ1) is 21.7. The maximum absolute atomic E-state index is 14.5. The molecule has 0 spiro atoms. The van der Waals surface area contributed by atoms with Crippen LogP contribution in [0.1, 0.15) is 83.0 Å². The minimum Gasteiger partial charge on any atom is -0.391 e. The van der Waals surface area contributed by atoms with E-state index in [1.807, 2.05) is 31.2 Å². The molecule has 11 nitrogen and oxygen atoms in total. The number of halogens is 1. The van der Waals surface area contributed by atoms with Crippen LogP contribution >= 0.6 is 11.3 Å². The Morgan fingerprint density at radius 3 is 2.41 bits per heavy atom. The number of alkyl halides is 1. The van der Waals surface area contributed by atoms with Crippen molar-refractivity contribution in [2.75, 3.05) is 19.6 Å². The Morgan fingerprint density at radius 2 is 1.83 bits per heavy atom. The third kappa shape index (κ3) is 8.89. The zero-order valence-corrected chi connectivity index (χ0v) is 27.9. The van der Waals surface area contributed by atoms with E-state index in [1.54, 1.807) is 26.3 Å². The van der Waals surface area contributed by atoms with Crippen LogP contribution in [-0.4, -0.2) is 82.1 Å². The molecule has 0 bridgehead atoms. The number of nitrogens with zero attached hydrogens (tertiary/aromatic N) is 2. The molecule has 46 heavy (non-hydrogen) atoms. The van der Waals surface area contributed by atoms with Crippen LogP contribution in [0.4, 0.5) is 4.39 Å². The number of aliphatic hydroxyl groups excluding tert-OH is 1. The first kappa shape index (κ1) is 35.4. The lowest BCUT2D eigenvalue weighted by molar-refractivity contribution is -0.145. The van der Waals surface area contributed by atoms with E-state index in [-0.39, 0.29) is 38.1 Å². The average Bonchev–Trinajstić information content (AvgIpc) is 3.41. The van der Waals surface area contributed by atoms with Gasteiger partial charge in [-0.25, -0.2) is 9.37 Å². The lowest BCUT2D eigenvalue weighted by Crippen LogP contribution is -2.59. The summed E-state index contributed by atoms with van der Waals surface area (Å²) in [6, 6.07) is 4.67. The van der Waals surface area contributed by atoms with Gasteiger partial charge in [0.25, 0.3) is 5.91 Å². The number of amides is 4. The molecule has 4 amide bonds. The minimum absolute atomic E-state index is 0.0148. The fraction of sp³-hybridized carbons (Fsp3) is 0.606. The number of nitrogens with two attached hydrogens (primary N) is 1. The number of aryl methyl sites for hydroxylation is 1. The van der Waals surface area contributed by atoms with Crippen LogP contribution in [0.15, 0.2) is 29.8 Å². The molecule has 1 aromatic heterocycles. The van der Waals surface area contributed by atoms with E-state index < -0.39 is 53.0 Å². The minimum atomic E-state index is -1.97. The molecule has 4 atom stereocenters. The van der Waals surface area contributed by atoms with Gasteiger partial charge in [0.15, 0.2) is 5.67 Å². The van der Waals surface area contributed by atoms with E-state index in [2.05, 4.69) is 20.9 Å². The maximum Gasteiger partial charge on any atom is 0.258 e. The molecule has 1 aliphatic heterocycles. The first-order valence-corrected chi connectivity index (χ1v) is 16.9. The van der Waals surface area contributed by atoms with Crippen LogP contribution in [0.5, 0.6) is 0 Å². The number of unbranched alkanes of at least 4 members (excludes halogenated alkanes) is 2. The van der Waals surface area contributed by atoms with E-state index >= 15 is 0 Å². The van der Waals surface area contributed by atoms with E-state index in [0.29, 0.717) is 18.7 Å². The summed E-state index contributed by atoms with van der Waals surface area (Å²) < 4.78 is 14.5. The van der Waals surface area contributed by atoms with Gasteiger partial charge in [-0.05, 0) is 55.7 Å². The highest BCUT2D eigenvalue weighted by Gasteiger charge is 2.53. The van der Waals surface area contributed by atoms with Crippen molar-refractivity contribution in [1.82, 2.24) is 25.8 Å². The molecule has 1 unspecified atom stereocenters. The van der Waals surface area contributed by atoms with Gasteiger partial charge in [-0.1, -0.05) is 51.5 Å². The third-order valence-corrected chi connectivity index (χ3v) is 9.56. The summed E-state index contributed by atoms with van der Waals surface area (Å²) in [5, 5.41) is 19.0. The molecule has 2 aromatic rings. The fourth-order valence-electron chi connectivity index (χ4n) is 5.62. The van der Waals surface area contributed by atoms with Gasteiger partial charge in [0.1, 0.15) is 12.1 Å². The van der Waals surface area contributed by atoms with Gasteiger partial charge in [-0.15, -0.1) is 11.3 Å². The highest BCUT2D eigenvalue weighted by molar-refractivity contribution is 7.13. The predicted octanol–water partition coefficient (Wildman–Crippen LogP) is 2.91. The number of likely N-dealkylation sites (tertiary alicyclic amines) is 1. The molecular weight excluding hydrogens is 611 g/mol. The quantitative estimate of drug-likeness (QED) is 0.195. The van der Waals surface area contributed by atoms with Crippen molar-refractivity contribution in [3.8, 4) is 10.4 Å². The molecule has 1 saturated heterocycles. The first-order valence-electron chi connectivity index (χ1n) is 16.0. The van der Waals surface area contributed by atoms with Crippen molar-refractivity contribution in [3.63, 3.8) is 0 Å². The fourth-order valence-corrected chi connectivity index (χ4v) is 6.43. The molecule has 2 aliphatic rings. The van der Waals surface area contributed by atoms with E-state index in [1.165, 1.54) is 16.2 Å². The maximum atomic E-state index is 14.5. The van der Waals surface area contributed by atoms with E-state index in [9.17, 15) is 28.7 Å². The van der Waals surface area contributed by atoms with Crippen molar-refractivity contribution in [2.45, 2.75) is 103 Å². The summed E-state index contributed by atoms with van der Waals surface area (Å²) in [5.74, 6) is -2.18. The number of hydrogen-bond donors (Lipinski definition) is 5. The van der Waals surface area contributed by atoms with Gasteiger partial charge >= 0.3 is 0 Å². The van der Waals surface area contributed by atoms with Crippen molar-refractivity contribution >= 4 is 35.0 Å². The van der Waals surface area contributed by atoms with E-state index in [4.69, 9.17) is 5.73 Å². The molecular formula is C33H47FN6O5S. The van der Waals surface area contributed by atoms with Crippen LogP contribution in [0.2, 0.25) is 0 Å². The monoisotopic (exact) mass is 658 g/mol. The smallest absolute Gasteiger partial charge is 0.258 e. The van der Waals surface area contributed by atoms with Crippen LogP contribution in [0, 0.1) is 12.3 Å². The standard InChI is InChI=1S/C33H47FN6O5S/c1-20-27(46-19-37-20)22-10-8-21(9-11-22)24(17-26(42)36-15-7-5-6-14-35)38-29(43)25-16-23(41)18-40(25)30(44)28(32(2,3)4)39-31(45)33(34)12-13-33/h8-11,19,23-25,28,41H,5-7,12-18,35H2,1-4H3,(H,36,42)(H,38,43)(H,39,45)/t23-,24+,25+,28?/m1/s1. The highest BCUT2D eigenvalue weighted by atomic mass is 32.1. The topological polar surface area (TPSA) is 167 Å². The van der Waals surface area contributed by atoms with Crippen LogP contribution in [0.25, 0.3) is 10.4 Å². The molecule has 13 heteroatoms. The number of carbonyl (C=O) groups is 4. The van der Waals surface area contributed by atoms with Gasteiger partial charge in [0.2, 0.25) is 17.7 Å². The second-order valence-corrected chi connectivity index (χ2v) is 14.3. The normalized spacial score (nSPS) is 20.1. The van der Waals surface area contributed by atoms with Crippen LogP contribution < -0.4 is 21.7 Å². The van der Waals surface area contributed by atoms with Gasteiger partial charge in [-0.2, -0.15) is 0 Å². The van der Waals surface area contributed by atoms with Gasteiger partial charge < -0.3 is 31.7 Å². The van der Waals surface area contributed by atoms with Gasteiger partial charge in [-0.3, -0.25) is 19.2 Å². The Morgan fingerprint density at radius 1 is 1.13 bits per heavy atom. The molecule has 0 radical (unpaired) electrons. The average molecular weight is 659 g/mol. The number of rotatable bonds is 14.